The van der Waals surface area contributed by atoms with Crippen molar-refractivity contribution in [1.82, 2.24) is 13.9 Å². The molecular weight excluding hydrogens is 300 g/mol. The molecule has 0 saturated heterocycles. The Morgan fingerprint density at radius 1 is 1.20 bits per heavy atom. The van der Waals surface area contributed by atoms with Gasteiger partial charge in [-0.15, -0.1) is 0 Å². The van der Waals surface area contributed by atoms with E-state index in [0.29, 0.717) is 16.9 Å². The largest absolute Gasteiger partial charge is 0.360 e. The molecule has 1 N–H and O–H groups in total. The van der Waals surface area contributed by atoms with Gasteiger partial charge < -0.3 is 4.52 Å². The van der Waals surface area contributed by atoms with Gasteiger partial charge in [-0.25, -0.2) is 8.42 Å². The topological polar surface area (TPSA) is 98.0 Å². The molecule has 0 spiro atoms. The van der Waals surface area contributed by atoms with Crippen LogP contribution in [0.3, 0.4) is 0 Å². The van der Waals surface area contributed by atoms with Gasteiger partial charge in [-0.3, -0.25) is 4.72 Å². The quantitative estimate of drug-likeness (QED) is 0.795. The first-order valence-corrected chi connectivity index (χ1v) is 7.87. The van der Waals surface area contributed by atoms with Gasteiger partial charge in [0.2, 0.25) is 0 Å². The van der Waals surface area contributed by atoms with Crippen molar-refractivity contribution in [1.29, 1.82) is 0 Å². The number of fused-ring (bicyclic) bond motifs is 1. The van der Waals surface area contributed by atoms with E-state index in [4.69, 9.17) is 4.52 Å². The first kappa shape index (κ1) is 13.0. The maximum absolute atomic E-state index is 12.3. The molecule has 0 bridgehead atoms. The number of rotatable bonds is 3. The Kier molecular flexibility index (Phi) is 2.94. The first-order valence-electron chi connectivity index (χ1n) is 5.65. The highest BCUT2D eigenvalue weighted by atomic mass is 32.2. The Balaban J connectivity index is 2.01. The zero-order valence-electron chi connectivity index (χ0n) is 10.6. The first-order chi connectivity index (χ1) is 9.47. The molecule has 1 aromatic carbocycles. The third-order valence-electron chi connectivity index (χ3n) is 2.74. The van der Waals surface area contributed by atoms with E-state index in [1.54, 1.807) is 32.0 Å². The number of hydrogen-bond donors (Lipinski definition) is 1. The van der Waals surface area contributed by atoms with Crippen molar-refractivity contribution >= 4 is 38.5 Å². The molecule has 0 amide bonds. The number of anilines is 1. The van der Waals surface area contributed by atoms with Crippen LogP contribution in [-0.4, -0.2) is 22.3 Å². The highest BCUT2D eigenvalue weighted by Gasteiger charge is 2.24. The Hall–Kier alpha value is -2.00. The highest BCUT2D eigenvalue weighted by Crippen LogP contribution is 2.24. The molecule has 0 fully saturated rings. The summed E-state index contributed by atoms with van der Waals surface area (Å²) in [6.45, 7) is 3.14. The number of nitrogens with zero attached hydrogens (tertiary/aromatic N) is 3. The van der Waals surface area contributed by atoms with Crippen molar-refractivity contribution < 1.29 is 12.9 Å². The number of hydrogen-bond acceptors (Lipinski definition) is 7. The van der Waals surface area contributed by atoms with Gasteiger partial charge in [-0.2, -0.15) is 8.75 Å². The smallest absolute Gasteiger partial charge is 0.267 e. The molecule has 104 valence electrons. The molecule has 0 aliphatic rings. The third-order valence-corrected chi connectivity index (χ3v) is 4.92. The van der Waals surface area contributed by atoms with E-state index in [9.17, 15) is 8.42 Å². The average Bonchev–Trinajstić information content (AvgIpc) is 2.95. The normalized spacial score (nSPS) is 11.9. The molecule has 7 nitrogen and oxygen atoms in total. The van der Waals surface area contributed by atoms with E-state index in [2.05, 4.69) is 18.6 Å². The van der Waals surface area contributed by atoms with Crippen LogP contribution in [0, 0.1) is 13.8 Å². The van der Waals surface area contributed by atoms with E-state index in [1.807, 2.05) is 0 Å². The Bertz CT molecular complexity index is 863. The Labute approximate surface area is 119 Å². The molecule has 20 heavy (non-hydrogen) atoms. The molecular formula is C11H10N4O3S2. The van der Waals surface area contributed by atoms with Gasteiger partial charge in [-0.05, 0) is 32.0 Å². The number of aryl methyl sites for hydroxylation is 2. The summed E-state index contributed by atoms with van der Waals surface area (Å²) in [5.74, 6) is 0.256. The van der Waals surface area contributed by atoms with Crippen LogP contribution in [-0.2, 0) is 10.0 Å². The predicted molar refractivity (Wildman–Crippen MR) is 74.2 cm³/mol. The van der Waals surface area contributed by atoms with Crippen molar-refractivity contribution in [2.45, 2.75) is 18.7 Å². The minimum absolute atomic E-state index is 0.0639. The summed E-state index contributed by atoms with van der Waals surface area (Å²) in [6, 6.07) is 4.98. The van der Waals surface area contributed by atoms with Crippen molar-refractivity contribution in [2.75, 3.05) is 4.72 Å². The second-order valence-electron chi connectivity index (χ2n) is 4.23. The van der Waals surface area contributed by atoms with E-state index in [1.165, 1.54) is 0 Å². The summed E-state index contributed by atoms with van der Waals surface area (Å²) in [5.41, 5.74) is 2.13. The number of benzene rings is 1. The molecule has 0 saturated carbocycles. The second kappa shape index (κ2) is 4.53. The molecule has 3 aromatic rings. The number of aromatic nitrogens is 3. The van der Waals surface area contributed by atoms with Gasteiger partial charge in [0.15, 0.2) is 10.7 Å². The Morgan fingerprint density at radius 3 is 2.65 bits per heavy atom. The van der Waals surface area contributed by atoms with Crippen LogP contribution in [0.4, 0.5) is 5.69 Å². The van der Waals surface area contributed by atoms with Crippen molar-refractivity contribution in [2.24, 2.45) is 0 Å². The minimum Gasteiger partial charge on any atom is -0.360 e. The summed E-state index contributed by atoms with van der Waals surface area (Å²) in [5, 5.41) is 3.65. The maximum Gasteiger partial charge on any atom is 0.267 e. The number of nitrogens with one attached hydrogen (secondary N) is 1. The zero-order valence-corrected chi connectivity index (χ0v) is 12.2. The summed E-state index contributed by atoms with van der Waals surface area (Å²) in [4.78, 5) is 0.0639. The van der Waals surface area contributed by atoms with Crippen LogP contribution in [0.1, 0.15) is 11.5 Å². The van der Waals surface area contributed by atoms with E-state index in [-0.39, 0.29) is 10.7 Å². The minimum atomic E-state index is -3.73. The molecule has 0 unspecified atom stereocenters. The summed E-state index contributed by atoms with van der Waals surface area (Å²) < 4.78 is 40.2. The van der Waals surface area contributed by atoms with Gasteiger partial charge in [0, 0.05) is 0 Å². The molecule has 9 heteroatoms. The van der Waals surface area contributed by atoms with Crippen LogP contribution in [0.15, 0.2) is 27.6 Å². The molecule has 2 heterocycles. The predicted octanol–water partition coefficient (Wildman–Crippen LogP) is 2.10. The fourth-order valence-electron chi connectivity index (χ4n) is 1.91. The molecule has 0 atom stereocenters. The van der Waals surface area contributed by atoms with Crippen LogP contribution >= 0.6 is 11.7 Å². The monoisotopic (exact) mass is 310 g/mol. The summed E-state index contributed by atoms with van der Waals surface area (Å²) >= 11 is 1.08. The molecule has 2 aromatic heterocycles. The standard InChI is InChI=1S/C11H10N4O3S2/c1-6-11(7(2)18-12-6)20(16,17)15-8-3-4-9-10(5-8)14-19-13-9/h3-5,15H,1-2H3. The van der Waals surface area contributed by atoms with Gasteiger partial charge >= 0.3 is 0 Å². The fourth-order valence-corrected chi connectivity index (χ4v) is 3.81. The Morgan fingerprint density at radius 2 is 1.95 bits per heavy atom. The highest BCUT2D eigenvalue weighted by molar-refractivity contribution is 7.92. The molecule has 0 aliphatic carbocycles. The SMILES string of the molecule is Cc1noc(C)c1S(=O)(=O)Nc1ccc2nsnc2c1. The van der Waals surface area contributed by atoms with Crippen molar-refractivity contribution in [3.8, 4) is 0 Å². The summed E-state index contributed by atoms with van der Waals surface area (Å²) in [7, 11) is -3.73. The van der Waals surface area contributed by atoms with Crippen LogP contribution in [0.2, 0.25) is 0 Å². The van der Waals surface area contributed by atoms with E-state index >= 15 is 0 Å². The average molecular weight is 310 g/mol. The maximum atomic E-state index is 12.3. The number of sulfonamides is 1. The lowest BCUT2D eigenvalue weighted by molar-refractivity contribution is 0.390. The van der Waals surface area contributed by atoms with Gasteiger partial charge in [0.05, 0.1) is 17.4 Å². The fraction of sp³-hybridized carbons (Fsp3) is 0.182. The van der Waals surface area contributed by atoms with Gasteiger partial charge in [0.1, 0.15) is 16.7 Å². The lowest BCUT2D eigenvalue weighted by Crippen LogP contribution is -2.14. The molecule has 3 rings (SSSR count). The molecule has 0 radical (unpaired) electrons. The third kappa shape index (κ3) is 2.14. The van der Waals surface area contributed by atoms with Crippen molar-refractivity contribution in [3.63, 3.8) is 0 Å². The second-order valence-corrected chi connectivity index (χ2v) is 6.37. The van der Waals surface area contributed by atoms with Crippen LogP contribution in [0.5, 0.6) is 0 Å². The van der Waals surface area contributed by atoms with Crippen LogP contribution in [0.25, 0.3) is 11.0 Å². The van der Waals surface area contributed by atoms with Crippen LogP contribution < -0.4 is 4.72 Å². The van der Waals surface area contributed by atoms with Gasteiger partial charge in [-0.1, -0.05) is 5.16 Å². The summed E-state index contributed by atoms with van der Waals surface area (Å²) in [6.07, 6.45) is 0. The zero-order chi connectivity index (χ0) is 14.3. The lowest BCUT2D eigenvalue weighted by Gasteiger charge is -2.07. The van der Waals surface area contributed by atoms with E-state index < -0.39 is 10.0 Å². The van der Waals surface area contributed by atoms with Gasteiger partial charge in [0.25, 0.3) is 10.0 Å². The van der Waals surface area contributed by atoms with Crippen molar-refractivity contribution in [3.05, 3.63) is 29.7 Å². The van der Waals surface area contributed by atoms with E-state index in [0.717, 1.165) is 17.2 Å². The molecule has 0 aliphatic heterocycles. The lowest BCUT2D eigenvalue weighted by atomic mass is 10.3.